The molecule has 1 fully saturated rings. The van der Waals surface area contributed by atoms with Gasteiger partial charge in [0, 0.05) is 24.3 Å². The zero-order valence-electron chi connectivity index (χ0n) is 17.9. The fourth-order valence-corrected chi connectivity index (χ4v) is 4.84. The standard InChI is InChI=1S/C24H28ClN3O3/c1-24(15-21(29)28(23(26)27-24)18-10-12-31-13-11-18)20-5-3-4-17(22(20)25)14-16-6-8-19(30-2)9-7-16/h3-9,18H,10-15H2,1-2H3,(H2,26,27)/t24-/m0/s1. The van der Waals surface area contributed by atoms with Crippen molar-refractivity contribution < 1.29 is 14.3 Å². The van der Waals surface area contributed by atoms with Crippen LogP contribution in [-0.4, -0.2) is 43.1 Å². The van der Waals surface area contributed by atoms with Crippen LogP contribution in [0.3, 0.4) is 0 Å². The van der Waals surface area contributed by atoms with E-state index in [9.17, 15) is 4.79 Å². The first-order chi connectivity index (χ1) is 14.9. The molecule has 0 spiro atoms. The smallest absolute Gasteiger partial charge is 0.232 e. The number of halogens is 1. The minimum absolute atomic E-state index is 0.0153. The van der Waals surface area contributed by atoms with Crippen molar-refractivity contribution in [3.8, 4) is 5.75 Å². The molecule has 31 heavy (non-hydrogen) atoms. The van der Waals surface area contributed by atoms with Gasteiger partial charge in [-0.15, -0.1) is 0 Å². The molecule has 0 saturated carbocycles. The Morgan fingerprint density at radius 2 is 1.94 bits per heavy atom. The second-order valence-corrected chi connectivity index (χ2v) is 8.71. The van der Waals surface area contributed by atoms with Crippen LogP contribution >= 0.6 is 11.6 Å². The summed E-state index contributed by atoms with van der Waals surface area (Å²) in [4.78, 5) is 19.5. The lowest BCUT2D eigenvalue weighted by Crippen LogP contribution is -2.55. The highest BCUT2D eigenvalue weighted by Gasteiger charge is 2.41. The second kappa shape index (κ2) is 8.89. The number of amides is 1. The van der Waals surface area contributed by atoms with Gasteiger partial charge in [0.1, 0.15) is 5.75 Å². The number of carbonyl (C=O) groups is 1. The summed E-state index contributed by atoms with van der Waals surface area (Å²) in [6, 6.07) is 13.9. The minimum Gasteiger partial charge on any atom is -0.497 e. The van der Waals surface area contributed by atoms with Crippen LogP contribution in [0.15, 0.2) is 47.5 Å². The third kappa shape index (κ3) is 4.41. The minimum atomic E-state index is -0.796. The van der Waals surface area contributed by atoms with E-state index < -0.39 is 5.54 Å². The maximum absolute atomic E-state index is 13.1. The number of rotatable bonds is 5. The van der Waals surface area contributed by atoms with Crippen molar-refractivity contribution in [2.24, 2.45) is 10.7 Å². The quantitative estimate of drug-likeness (QED) is 0.763. The molecule has 6 nitrogen and oxygen atoms in total. The monoisotopic (exact) mass is 441 g/mol. The molecule has 0 bridgehead atoms. The highest BCUT2D eigenvalue weighted by Crippen LogP contribution is 2.39. The van der Waals surface area contributed by atoms with Gasteiger partial charge in [0.2, 0.25) is 5.91 Å². The zero-order valence-corrected chi connectivity index (χ0v) is 18.7. The number of carbonyl (C=O) groups excluding carboxylic acids is 1. The topological polar surface area (TPSA) is 77.1 Å². The Balaban J connectivity index is 1.62. The molecule has 2 aliphatic rings. The van der Waals surface area contributed by atoms with Crippen molar-refractivity contribution >= 4 is 23.5 Å². The summed E-state index contributed by atoms with van der Waals surface area (Å²) in [7, 11) is 1.65. The van der Waals surface area contributed by atoms with Crippen LogP contribution in [0.4, 0.5) is 0 Å². The lowest BCUT2D eigenvalue weighted by atomic mass is 9.85. The van der Waals surface area contributed by atoms with Crippen LogP contribution < -0.4 is 10.5 Å². The highest BCUT2D eigenvalue weighted by atomic mass is 35.5. The Kier molecular flexibility index (Phi) is 6.21. The van der Waals surface area contributed by atoms with Crippen LogP contribution in [0.1, 0.15) is 42.9 Å². The van der Waals surface area contributed by atoms with Gasteiger partial charge < -0.3 is 15.2 Å². The van der Waals surface area contributed by atoms with Crippen molar-refractivity contribution in [2.45, 2.75) is 44.2 Å². The summed E-state index contributed by atoms with van der Waals surface area (Å²) in [5, 5.41) is 0.629. The van der Waals surface area contributed by atoms with E-state index in [0.717, 1.165) is 35.3 Å². The van der Waals surface area contributed by atoms with Gasteiger partial charge in [0.25, 0.3) is 0 Å². The number of hydrogen-bond donors (Lipinski definition) is 1. The summed E-state index contributed by atoms with van der Waals surface area (Å²) in [5.41, 5.74) is 8.45. The first kappa shape index (κ1) is 21.7. The number of nitrogens with zero attached hydrogens (tertiary/aromatic N) is 2. The predicted octanol–water partition coefficient (Wildman–Crippen LogP) is 3.88. The summed E-state index contributed by atoms with van der Waals surface area (Å²) >= 11 is 6.84. The van der Waals surface area contributed by atoms with Gasteiger partial charge in [0.05, 0.1) is 19.1 Å². The average Bonchev–Trinajstić information content (AvgIpc) is 2.76. The van der Waals surface area contributed by atoms with Crippen LogP contribution in [0.5, 0.6) is 5.75 Å². The van der Waals surface area contributed by atoms with E-state index in [1.54, 1.807) is 12.0 Å². The molecule has 0 radical (unpaired) electrons. The van der Waals surface area contributed by atoms with E-state index in [1.165, 1.54) is 0 Å². The molecular weight excluding hydrogens is 414 g/mol. The van der Waals surface area contributed by atoms with E-state index in [0.29, 0.717) is 24.7 Å². The number of nitrogens with two attached hydrogens (primary N) is 1. The Morgan fingerprint density at radius 3 is 2.58 bits per heavy atom. The van der Waals surface area contributed by atoms with Crippen molar-refractivity contribution in [3.05, 3.63) is 64.2 Å². The maximum Gasteiger partial charge on any atom is 0.232 e. The molecule has 4 rings (SSSR count). The van der Waals surface area contributed by atoms with E-state index in [1.807, 2.05) is 49.4 Å². The average molecular weight is 442 g/mol. The number of ether oxygens (including phenoxy) is 2. The molecule has 164 valence electrons. The highest BCUT2D eigenvalue weighted by molar-refractivity contribution is 6.32. The van der Waals surface area contributed by atoms with Crippen LogP contribution in [0.25, 0.3) is 0 Å². The Bertz CT molecular complexity index is 986. The number of aliphatic imine (C=N–C) groups is 1. The van der Waals surface area contributed by atoms with Gasteiger partial charge >= 0.3 is 0 Å². The van der Waals surface area contributed by atoms with Crippen LogP contribution in [-0.2, 0) is 21.5 Å². The Morgan fingerprint density at radius 1 is 1.23 bits per heavy atom. The molecule has 2 aromatic carbocycles. The van der Waals surface area contributed by atoms with Gasteiger partial charge in [-0.2, -0.15) is 0 Å². The Hall–Kier alpha value is -2.57. The third-order valence-corrected chi connectivity index (χ3v) is 6.59. The largest absolute Gasteiger partial charge is 0.497 e. The molecule has 0 aliphatic carbocycles. The molecule has 1 atom stereocenters. The van der Waals surface area contributed by atoms with E-state index in [2.05, 4.69) is 0 Å². The summed E-state index contributed by atoms with van der Waals surface area (Å²) in [6.07, 6.45) is 2.46. The number of hydrogen-bond acceptors (Lipinski definition) is 5. The van der Waals surface area contributed by atoms with Gasteiger partial charge in [-0.3, -0.25) is 9.69 Å². The molecular formula is C24H28ClN3O3. The molecule has 7 heteroatoms. The fraction of sp³-hybridized carbons (Fsp3) is 0.417. The summed E-state index contributed by atoms with van der Waals surface area (Å²) < 4.78 is 10.7. The molecule has 1 amide bonds. The van der Waals surface area contributed by atoms with Crippen molar-refractivity contribution in [1.29, 1.82) is 0 Å². The summed E-state index contributed by atoms with van der Waals surface area (Å²) in [5.74, 6) is 1.07. The first-order valence-corrected chi connectivity index (χ1v) is 10.9. The molecule has 2 N–H and O–H groups in total. The predicted molar refractivity (Wildman–Crippen MR) is 122 cm³/mol. The van der Waals surface area contributed by atoms with Gasteiger partial charge in [-0.05, 0) is 55.0 Å². The second-order valence-electron chi connectivity index (χ2n) is 8.33. The van der Waals surface area contributed by atoms with Crippen molar-refractivity contribution in [2.75, 3.05) is 20.3 Å². The van der Waals surface area contributed by atoms with Gasteiger partial charge in [-0.25, -0.2) is 4.99 Å². The van der Waals surface area contributed by atoms with Crippen LogP contribution in [0, 0.1) is 0 Å². The lowest BCUT2D eigenvalue weighted by Gasteiger charge is -2.40. The van der Waals surface area contributed by atoms with E-state index >= 15 is 0 Å². The Labute approximate surface area is 188 Å². The van der Waals surface area contributed by atoms with Gasteiger partial charge in [-0.1, -0.05) is 41.9 Å². The molecule has 2 heterocycles. The van der Waals surface area contributed by atoms with E-state index in [-0.39, 0.29) is 24.3 Å². The number of benzene rings is 2. The van der Waals surface area contributed by atoms with Crippen molar-refractivity contribution in [1.82, 2.24) is 4.90 Å². The van der Waals surface area contributed by atoms with Crippen LogP contribution in [0.2, 0.25) is 5.02 Å². The number of methoxy groups -OCH3 is 1. The number of guanidine groups is 1. The molecule has 1 saturated heterocycles. The van der Waals surface area contributed by atoms with Crippen molar-refractivity contribution in [3.63, 3.8) is 0 Å². The zero-order chi connectivity index (χ0) is 22.0. The van der Waals surface area contributed by atoms with E-state index in [4.69, 9.17) is 31.8 Å². The third-order valence-electron chi connectivity index (χ3n) is 6.14. The summed E-state index contributed by atoms with van der Waals surface area (Å²) in [6.45, 7) is 3.20. The first-order valence-electron chi connectivity index (χ1n) is 10.6. The molecule has 0 unspecified atom stereocenters. The van der Waals surface area contributed by atoms with Gasteiger partial charge in [0.15, 0.2) is 5.96 Å². The molecule has 2 aliphatic heterocycles. The molecule has 0 aromatic heterocycles. The lowest BCUT2D eigenvalue weighted by molar-refractivity contribution is -0.132. The SMILES string of the molecule is COc1ccc(Cc2cccc([C@]3(C)CC(=O)N(C4CCOCC4)C(N)=N3)c2Cl)cc1. The fourth-order valence-electron chi connectivity index (χ4n) is 4.44. The normalized spacial score (nSPS) is 22.4. The molecule has 2 aromatic rings. The maximum atomic E-state index is 13.1.